The number of anilines is 2. The normalized spacial score (nSPS) is 11.3. The number of nitrogens with one attached hydrogen (secondary N) is 1. The third-order valence-electron chi connectivity index (χ3n) is 5.90. The average Bonchev–Trinajstić information content (AvgIpc) is 3.13. The summed E-state index contributed by atoms with van der Waals surface area (Å²) in [6.07, 6.45) is -2.19. The second kappa shape index (κ2) is 13.3. The summed E-state index contributed by atoms with van der Waals surface area (Å²) in [6.45, 7) is 4.56. The number of aryl methyl sites for hydroxylation is 2. The lowest BCUT2D eigenvalue weighted by molar-refractivity contribution is -0.192. The molecule has 224 valence electrons. The van der Waals surface area contributed by atoms with Crippen LogP contribution in [0.3, 0.4) is 0 Å². The van der Waals surface area contributed by atoms with Crippen LogP contribution in [-0.4, -0.2) is 72.2 Å². The van der Waals surface area contributed by atoms with Crippen molar-refractivity contribution in [3.63, 3.8) is 0 Å². The first-order chi connectivity index (χ1) is 19.0. The number of rotatable bonds is 10. The third kappa shape index (κ3) is 8.83. The molecule has 0 spiro atoms. The molecule has 0 bridgehead atoms. The third-order valence-corrected chi connectivity index (χ3v) is 7.30. The number of benzene rings is 1. The molecule has 0 unspecified atom stereocenters. The molecule has 16 heteroatoms. The second-order valence-electron chi connectivity index (χ2n) is 8.78. The Labute approximate surface area is 234 Å². The quantitative estimate of drug-likeness (QED) is 0.313. The van der Waals surface area contributed by atoms with Gasteiger partial charge in [0.25, 0.3) is 10.0 Å². The Kier molecular flexibility index (Phi) is 10.7. The van der Waals surface area contributed by atoms with Gasteiger partial charge in [0.1, 0.15) is 17.1 Å². The second-order valence-corrected chi connectivity index (χ2v) is 10.5. The smallest absolute Gasteiger partial charge is 0.490 e. The lowest BCUT2D eigenvalue weighted by Gasteiger charge is -2.20. The number of halogens is 3. The fourth-order valence-electron chi connectivity index (χ4n) is 3.72. The van der Waals surface area contributed by atoms with Gasteiger partial charge >= 0.3 is 18.1 Å². The maximum atomic E-state index is 12.7. The molecule has 0 fully saturated rings. The summed E-state index contributed by atoms with van der Waals surface area (Å²) < 4.78 is 66.4. The number of ether oxygens (including phenoxy) is 1. The minimum atomic E-state index is -5.08. The topological polar surface area (TPSA) is 164 Å². The number of aromatic carboxylic acids is 1. The van der Waals surface area contributed by atoms with E-state index < -0.39 is 28.1 Å². The Balaban J connectivity index is 0.000000745. The molecule has 0 radical (unpaired) electrons. The SMILES string of the molecule is COc1ccc(S(=O)(=O)Nc2cnc(N(C)CCCc3c(C)nn(C)c3C)c(C(=O)O)c2)cc1.O=C(O)C(F)(F)F. The van der Waals surface area contributed by atoms with Crippen molar-refractivity contribution in [3.05, 3.63) is 59.0 Å². The highest BCUT2D eigenvalue weighted by Gasteiger charge is 2.38. The van der Waals surface area contributed by atoms with Gasteiger partial charge in [-0.3, -0.25) is 9.40 Å². The van der Waals surface area contributed by atoms with E-state index in [-0.39, 0.29) is 22.0 Å². The standard InChI is InChI=1S/C23H29N5O5S.C2HF3O2/c1-15-20(16(2)28(4)25-15)7-6-12-27(3)22-21(23(29)30)13-17(14-24-22)26-34(31,32)19-10-8-18(33-5)9-11-19;3-2(4,5)1(6)7/h8-11,13-14,26H,6-7,12H2,1-5H3,(H,29,30);(H,6,7). The first-order valence-corrected chi connectivity index (χ1v) is 13.4. The Hall–Kier alpha value is -4.34. The number of sulfonamides is 1. The van der Waals surface area contributed by atoms with Crippen LogP contribution < -0.4 is 14.4 Å². The molecule has 2 aromatic heterocycles. The van der Waals surface area contributed by atoms with Gasteiger partial charge in [-0.25, -0.2) is 23.0 Å². The zero-order valence-corrected chi connectivity index (χ0v) is 23.7. The van der Waals surface area contributed by atoms with Crippen molar-refractivity contribution in [1.29, 1.82) is 0 Å². The molecule has 0 saturated carbocycles. The minimum Gasteiger partial charge on any atom is -0.497 e. The largest absolute Gasteiger partial charge is 0.497 e. The maximum absolute atomic E-state index is 12.7. The Morgan fingerprint density at radius 2 is 1.73 bits per heavy atom. The Bertz CT molecular complexity index is 1490. The highest BCUT2D eigenvalue weighted by molar-refractivity contribution is 7.92. The van der Waals surface area contributed by atoms with Gasteiger partial charge in [0.05, 0.1) is 29.6 Å². The highest BCUT2D eigenvalue weighted by atomic mass is 32.2. The van der Waals surface area contributed by atoms with Crippen molar-refractivity contribution in [2.45, 2.75) is 37.8 Å². The van der Waals surface area contributed by atoms with E-state index in [0.717, 1.165) is 24.2 Å². The Morgan fingerprint density at radius 3 is 2.20 bits per heavy atom. The lowest BCUT2D eigenvalue weighted by Crippen LogP contribution is -2.23. The van der Waals surface area contributed by atoms with Crippen LogP contribution in [-0.2, 0) is 28.3 Å². The van der Waals surface area contributed by atoms with Crippen molar-refractivity contribution in [2.24, 2.45) is 7.05 Å². The number of carboxylic acid groups (broad SMARTS) is 2. The molecule has 2 heterocycles. The van der Waals surface area contributed by atoms with Crippen LogP contribution in [0.25, 0.3) is 0 Å². The monoisotopic (exact) mass is 601 g/mol. The van der Waals surface area contributed by atoms with Crippen LogP contribution >= 0.6 is 0 Å². The van der Waals surface area contributed by atoms with E-state index in [9.17, 15) is 31.5 Å². The minimum absolute atomic E-state index is 0.0207. The number of hydrogen-bond acceptors (Lipinski definition) is 8. The van der Waals surface area contributed by atoms with Gasteiger partial charge in [-0.05, 0) is 62.6 Å². The predicted molar refractivity (Wildman–Crippen MR) is 143 cm³/mol. The summed E-state index contributed by atoms with van der Waals surface area (Å²) in [5, 5.41) is 21.3. The van der Waals surface area contributed by atoms with Crippen LogP contribution in [0.5, 0.6) is 5.75 Å². The summed E-state index contributed by atoms with van der Waals surface area (Å²) in [7, 11) is 1.23. The van der Waals surface area contributed by atoms with Gasteiger partial charge in [-0.15, -0.1) is 0 Å². The lowest BCUT2D eigenvalue weighted by atomic mass is 10.1. The fraction of sp³-hybridized carbons (Fsp3) is 0.360. The van der Waals surface area contributed by atoms with Crippen molar-refractivity contribution in [3.8, 4) is 5.75 Å². The number of carbonyl (C=O) groups is 2. The molecule has 0 aliphatic rings. The molecule has 0 aliphatic carbocycles. The molecule has 12 nitrogen and oxygen atoms in total. The molecular formula is C25H30F3N5O7S. The van der Waals surface area contributed by atoms with Crippen LogP contribution in [0.1, 0.15) is 33.7 Å². The van der Waals surface area contributed by atoms with E-state index in [2.05, 4.69) is 14.8 Å². The zero-order chi connectivity index (χ0) is 31.1. The first kappa shape index (κ1) is 32.9. The van der Waals surface area contributed by atoms with Crippen LogP contribution in [0.15, 0.2) is 41.4 Å². The molecule has 0 amide bonds. The average molecular weight is 602 g/mol. The number of aromatic nitrogens is 3. The highest BCUT2D eigenvalue weighted by Crippen LogP contribution is 2.24. The predicted octanol–water partition coefficient (Wildman–Crippen LogP) is 3.64. The summed E-state index contributed by atoms with van der Waals surface area (Å²) >= 11 is 0. The zero-order valence-electron chi connectivity index (χ0n) is 22.9. The molecule has 3 aromatic rings. The van der Waals surface area contributed by atoms with Gasteiger partial charge < -0.3 is 19.8 Å². The summed E-state index contributed by atoms with van der Waals surface area (Å²) in [5.74, 6) is -3.17. The van der Waals surface area contributed by atoms with Gasteiger partial charge in [-0.1, -0.05) is 0 Å². The Morgan fingerprint density at radius 1 is 1.15 bits per heavy atom. The van der Waals surface area contributed by atoms with E-state index in [1.807, 2.05) is 25.6 Å². The number of carboxylic acids is 2. The number of methoxy groups -OCH3 is 1. The first-order valence-electron chi connectivity index (χ1n) is 11.9. The van der Waals surface area contributed by atoms with Crippen LogP contribution in [0, 0.1) is 13.8 Å². The van der Waals surface area contributed by atoms with Gasteiger partial charge in [0, 0.05) is 26.3 Å². The van der Waals surface area contributed by atoms with Gasteiger partial charge in [0.15, 0.2) is 0 Å². The number of hydrogen-bond donors (Lipinski definition) is 3. The molecule has 0 saturated heterocycles. The van der Waals surface area contributed by atoms with E-state index in [0.29, 0.717) is 12.3 Å². The number of pyridine rings is 1. The van der Waals surface area contributed by atoms with Gasteiger partial charge in [-0.2, -0.15) is 18.3 Å². The molecule has 3 rings (SSSR count). The fourth-order valence-corrected chi connectivity index (χ4v) is 4.76. The molecule has 1 aromatic carbocycles. The summed E-state index contributed by atoms with van der Waals surface area (Å²) in [6, 6.07) is 7.14. The van der Waals surface area contributed by atoms with E-state index in [1.165, 1.54) is 49.2 Å². The van der Waals surface area contributed by atoms with E-state index in [4.69, 9.17) is 14.6 Å². The molecule has 0 atom stereocenters. The number of aliphatic carboxylic acids is 1. The van der Waals surface area contributed by atoms with Gasteiger partial charge in [0.2, 0.25) is 0 Å². The summed E-state index contributed by atoms with van der Waals surface area (Å²) in [5.41, 5.74) is 3.25. The molecule has 41 heavy (non-hydrogen) atoms. The van der Waals surface area contributed by atoms with Crippen molar-refractivity contribution in [2.75, 3.05) is 30.3 Å². The summed E-state index contributed by atoms with van der Waals surface area (Å²) in [4.78, 5) is 26.8. The maximum Gasteiger partial charge on any atom is 0.490 e. The molecule has 3 N–H and O–H groups in total. The van der Waals surface area contributed by atoms with E-state index in [1.54, 1.807) is 11.9 Å². The number of alkyl halides is 3. The molecular weight excluding hydrogens is 571 g/mol. The van der Waals surface area contributed by atoms with Crippen molar-refractivity contribution >= 4 is 33.5 Å². The van der Waals surface area contributed by atoms with Crippen LogP contribution in [0.2, 0.25) is 0 Å². The van der Waals surface area contributed by atoms with Crippen molar-refractivity contribution < 1.29 is 46.1 Å². The van der Waals surface area contributed by atoms with Crippen molar-refractivity contribution in [1.82, 2.24) is 14.8 Å². The van der Waals surface area contributed by atoms with Crippen LogP contribution in [0.4, 0.5) is 24.7 Å². The van der Waals surface area contributed by atoms with E-state index >= 15 is 0 Å². The number of nitrogens with zero attached hydrogens (tertiary/aromatic N) is 4. The molecule has 0 aliphatic heterocycles.